The van der Waals surface area contributed by atoms with Crippen LogP contribution >= 0.6 is 11.6 Å². The molecular weight excluding hydrogens is 484 g/mol. The molecule has 4 aromatic rings. The molecule has 0 fully saturated rings. The summed E-state index contributed by atoms with van der Waals surface area (Å²) in [5.74, 6) is -0.482. The van der Waals surface area contributed by atoms with Gasteiger partial charge in [0, 0.05) is 27.9 Å². The molecule has 1 heterocycles. The number of aromatic hydroxyl groups is 1. The molecule has 10 nitrogen and oxygen atoms in total. The second-order valence-corrected chi connectivity index (χ2v) is 9.11. The Hall–Kier alpha value is -4.22. The van der Waals surface area contributed by atoms with Gasteiger partial charge in [0.25, 0.3) is 21.3 Å². The van der Waals surface area contributed by atoms with Gasteiger partial charge >= 0.3 is 0 Å². The van der Waals surface area contributed by atoms with E-state index in [1.807, 2.05) is 4.83 Å². The van der Waals surface area contributed by atoms with Gasteiger partial charge in [-0.3, -0.25) is 14.9 Å². The van der Waals surface area contributed by atoms with Gasteiger partial charge in [-0.1, -0.05) is 41.9 Å². The van der Waals surface area contributed by atoms with Gasteiger partial charge in [0.05, 0.1) is 27.3 Å². The lowest BCUT2D eigenvalue weighted by atomic mass is 10.1. The highest BCUT2D eigenvalue weighted by molar-refractivity contribution is 7.89. The molecule has 0 unspecified atom stereocenters. The molecule has 0 radical (unpaired) electrons. The van der Waals surface area contributed by atoms with Crippen LogP contribution < -0.4 is 10.4 Å². The summed E-state index contributed by atoms with van der Waals surface area (Å²) in [6.07, 6.45) is 1.05. The standard InChI is InChI=1S/C22H15ClN4O6S/c23-14-5-3-6-15(11-14)26-21(28)19-10-2-1-9-18(19)20(22(26)29)13-24-25-34(32,33)17-8-4-7-16(12-17)27(30)31/h1-13,25,29H. The number of sulfonamides is 1. The summed E-state index contributed by atoms with van der Waals surface area (Å²) in [6, 6.07) is 17.2. The summed E-state index contributed by atoms with van der Waals surface area (Å²) >= 11 is 6.04. The SMILES string of the molecule is O=c1c2ccccc2c(C=NNS(=O)(=O)c2cccc([N+](=O)[O-])c2)c(O)n1-c1cccc(Cl)c1. The van der Waals surface area contributed by atoms with Gasteiger partial charge < -0.3 is 5.11 Å². The van der Waals surface area contributed by atoms with E-state index in [0.717, 1.165) is 22.9 Å². The molecule has 3 aromatic carbocycles. The maximum absolute atomic E-state index is 13.1. The molecule has 0 atom stereocenters. The second-order valence-electron chi connectivity index (χ2n) is 7.01. The minimum atomic E-state index is -4.25. The van der Waals surface area contributed by atoms with Crippen LogP contribution in [0.4, 0.5) is 5.69 Å². The Morgan fingerprint density at radius 2 is 1.74 bits per heavy atom. The number of rotatable bonds is 6. The minimum Gasteiger partial charge on any atom is -0.494 e. The summed E-state index contributed by atoms with van der Waals surface area (Å²) in [7, 11) is -4.25. The lowest BCUT2D eigenvalue weighted by Crippen LogP contribution is -2.21. The number of aromatic nitrogens is 1. The van der Waals surface area contributed by atoms with Gasteiger partial charge in [0.2, 0.25) is 5.88 Å². The zero-order valence-corrected chi connectivity index (χ0v) is 18.7. The average molecular weight is 499 g/mol. The van der Waals surface area contributed by atoms with E-state index in [0.29, 0.717) is 16.1 Å². The Labute approximate surface area is 197 Å². The first kappa shape index (κ1) is 23.0. The Bertz CT molecular complexity index is 1630. The van der Waals surface area contributed by atoms with Crippen molar-refractivity contribution in [2.24, 2.45) is 5.10 Å². The molecule has 1 aromatic heterocycles. The van der Waals surface area contributed by atoms with Crippen LogP contribution in [0.1, 0.15) is 5.56 Å². The summed E-state index contributed by atoms with van der Waals surface area (Å²) in [4.78, 5) is 24.9. The van der Waals surface area contributed by atoms with Crippen LogP contribution in [-0.4, -0.2) is 29.2 Å². The molecule has 0 saturated heterocycles. The first-order chi connectivity index (χ1) is 16.2. The normalized spacial score (nSPS) is 11.7. The molecule has 2 N–H and O–H groups in total. The number of nitro groups is 1. The zero-order chi connectivity index (χ0) is 24.5. The number of hydrogen-bond donors (Lipinski definition) is 2. The first-order valence-corrected chi connectivity index (χ1v) is 11.5. The summed E-state index contributed by atoms with van der Waals surface area (Å²) in [6.45, 7) is 0. The summed E-state index contributed by atoms with van der Waals surface area (Å²) in [5.41, 5.74) is -0.543. The first-order valence-electron chi connectivity index (χ1n) is 9.61. The highest BCUT2D eigenvalue weighted by Gasteiger charge is 2.19. The number of hydrogen-bond acceptors (Lipinski definition) is 7. The molecule has 0 bridgehead atoms. The third kappa shape index (κ3) is 4.34. The molecule has 0 aliphatic carbocycles. The summed E-state index contributed by atoms with van der Waals surface area (Å²) < 4.78 is 26.1. The van der Waals surface area contributed by atoms with Crippen molar-refractivity contribution in [1.29, 1.82) is 0 Å². The van der Waals surface area contributed by atoms with Crippen LogP contribution in [0, 0.1) is 10.1 Å². The van der Waals surface area contributed by atoms with Crippen molar-refractivity contribution in [3.63, 3.8) is 0 Å². The summed E-state index contributed by atoms with van der Waals surface area (Å²) in [5, 5.41) is 26.5. The topological polar surface area (TPSA) is 144 Å². The van der Waals surface area contributed by atoms with Crippen LogP contribution in [0.2, 0.25) is 5.02 Å². The minimum absolute atomic E-state index is 0.0666. The molecule has 0 saturated carbocycles. The van der Waals surface area contributed by atoms with E-state index in [1.165, 1.54) is 18.2 Å². The molecule has 12 heteroatoms. The average Bonchev–Trinajstić information content (AvgIpc) is 2.81. The third-order valence-electron chi connectivity index (χ3n) is 4.88. The molecule has 0 spiro atoms. The fraction of sp³-hybridized carbons (Fsp3) is 0. The van der Waals surface area contributed by atoms with Gasteiger partial charge in [-0.25, -0.2) is 9.40 Å². The van der Waals surface area contributed by atoms with E-state index in [4.69, 9.17) is 11.6 Å². The van der Waals surface area contributed by atoms with Crippen molar-refractivity contribution < 1.29 is 18.4 Å². The van der Waals surface area contributed by atoms with Crippen LogP contribution in [0.25, 0.3) is 16.5 Å². The van der Waals surface area contributed by atoms with E-state index in [-0.39, 0.29) is 15.8 Å². The monoisotopic (exact) mass is 498 g/mol. The van der Waals surface area contributed by atoms with E-state index in [1.54, 1.807) is 42.5 Å². The van der Waals surface area contributed by atoms with E-state index in [2.05, 4.69) is 5.10 Å². The van der Waals surface area contributed by atoms with Gasteiger partial charge in [0.15, 0.2) is 0 Å². The van der Waals surface area contributed by atoms with Crippen molar-refractivity contribution in [2.45, 2.75) is 4.90 Å². The van der Waals surface area contributed by atoms with Gasteiger partial charge in [-0.2, -0.15) is 13.5 Å². The van der Waals surface area contributed by atoms with E-state index < -0.39 is 32.1 Å². The van der Waals surface area contributed by atoms with E-state index >= 15 is 0 Å². The maximum Gasteiger partial charge on any atom is 0.276 e. The quantitative estimate of drug-likeness (QED) is 0.236. The molecule has 0 aliphatic rings. The number of benzene rings is 3. The molecule has 34 heavy (non-hydrogen) atoms. The van der Waals surface area contributed by atoms with Crippen LogP contribution in [-0.2, 0) is 10.0 Å². The fourth-order valence-electron chi connectivity index (χ4n) is 3.32. The predicted molar refractivity (Wildman–Crippen MR) is 127 cm³/mol. The van der Waals surface area contributed by atoms with Gasteiger partial charge in [-0.05, 0) is 30.3 Å². The number of fused-ring (bicyclic) bond motifs is 1. The molecule has 4 rings (SSSR count). The van der Waals surface area contributed by atoms with Gasteiger partial charge in [-0.15, -0.1) is 0 Å². The Morgan fingerprint density at radius 1 is 1.03 bits per heavy atom. The molecule has 0 aliphatic heterocycles. The number of hydrazone groups is 1. The van der Waals surface area contributed by atoms with Crippen molar-refractivity contribution in [2.75, 3.05) is 0 Å². The molecule has 172 valence electrons. The van der Waals surface area contributed by atoms with Crippen LogP contribution in [0.5, 0.6) is 5.88 Å². The van der Waals surface area contributed by atoms with Gasteiger partial charge in [0.1, 0.15) is 0 Å². The number of nitro benzene ring substituents is 1. The second kappa shape index (κ2) is 8.96. The Balaban J connectivity index is 1.80. The largest absolute Gasteiger partial charge is 0.494 e. The highest BCUT2D eigenvalue weighted by atomic mass is 35.5. The number of non-ortho nitro benzene ring substituents is 1. The number of nitrogens with one attached hydrogen (secondary N) is 1. The number of nitrogens with zero attached hydrogens (tertiary/aromatic N) is 3. The maximum atomic E-state index is 13.1. The van der Waals surface area contributed by atoms with Crippen molar-refractivity contribution >= 4 is 44.3 Å². The Kier molecular flexibility index (Phi) is 6.05. The Morgan fingerprint density at radius 3 is 2.44 bits per heavy atom. The smallest absolute Gasteiger partial charge is 0.276 e. The van der Waals surface area contributed by atoms with Crippen molar-refractivity contribution in [1.82, 2.24) is 9.40 Å². The predicted octanol–water partition coefficient (Wildman–Crippen LogP) is 3.57. The molecular formula is C22H15ClN4O6S. The fourth-order valence-corrected chi connectivity index (χ4v) is 4.34. The zero-order valence-electron chi connectivity index (χ0n) is 17.1. The van der Waals surface area contributed by atoms with Crippen molar-refractivity contribution in [3.05, 3.63) is 104 Å². The van der Waals surface area contributed by atoms with Crippen LogP contribution in [0.3, 0.4) is 0 Å². The lowest BCUT2D eigenvalue weighted by molar-refractivity contribution is -0.385. The third-order valence-corrected chi connectivity index (χ3v) is 6.33. The highest BCUT2D eigenvalue weighted by Crippen LogP contribution is 2.27. The number of pyridine rings is 1. The molecule has 0 amide bonds. The number of halogens is 1. The van der Waals surface area contributed by atoms with E-state index in [9.17, 15) is 28.4 Å². The lowest BCUT2D eigenvalue weighted by Gasteiger charge is -2.14. The van der Waals surface area contributed by atoms with Crippen molar-refractivity contribution in [3.8, 4) is 11.6 Å². The van der Waals surface area contributed by atoms with Crippen LogP contribution in [0.15, 0.2) is 87.6 Å².